The van der Waals surface area contributed by atoms with E-state index in [0.29, 0.717) is 11.1 Å². The van der Waals surface area contributed by atoms with Gasteiger partial charge in [0.25, 0.3) is 11.8 Å². The summed E-state index contributed by atoms with van der Waals surface area (Å²) in [7, 11) is 0. The highest BCUT2D eigenvalue weighted by molar-refractivity contribution is 8.00. The molecule has 3 rings (SSSR count). The minimum atomic E-state index is -1.33. The fourth-order valence-corrected chi connectivity index (χ4v) is 4.26. The molecule has 2 aliphatic rings. The zero-order valence-electron chi connectivity index (χ0n) is 15.1. The Hall–Kier alpha value is -3.41. The van der Waals surface area contributed by atoms with Gasteiger partial charge in [0.2, 0.25) is 0 Å². The van der Waals surface area contributed by atoms with Gasteiger partial charge in [-0.2, -0.15) is 0 Å². The molecule has 0 aromatic carbocycles. The third kappa shape index (κ3) is 3.92. The molecule has 1 fully saturated rings. The van der Waals surface area contributed by atoms with Gasteiger partial charge in [0, 0.05) is 36.2 Å². The van der Waals surface area contributed by atoms with Gasteiger partial charge in [0.1, 0.15) is 23.7 Å². The number of oxime groups is 1. The van der Waals surface area contributed by atoms with Gasteiger partial charge in [-0.05, 0) is 12.1 Å². The van der Waals surface area contributed by atoms with E-state index in [0.717, 1.165) is 4.90 Å². The number of aliphatic carboxylic acids is 1. The molecule has 0 spiro atoms. The number of hydrogen-bond donors (Lipinski definition) is 3. The summed E-state index contributed by atoms with van der Waals surface area (Å²) in [6, 6.07) is 1.94. The molecule has 3 N–H and O–H groups in total. The Morgan fingerprint density at radius 2 is 2.07 bits per heavy atom. The van der Waals surface area contributed by atoms with Crippen molar-refractivity contribution in [2.75, 3.05) is 12.4 Å². The number of carboxylic acid groups (broad SMARTS) is 1. The van der Waals surface area contributed by atoms with Crippen molar-refractivity contribution in [1.29, 1.82) is 0 Å². The smallest absolute Gasteiger partial charge is 0.352 e. The van der Waals surface area contributed by atoms with E-state index in [1.165, 1.54) is 43.2 Å². The van der Waals surface area contributed by atoms with E-state index in [-0.39, 0.29) is 23.8 Å². The largest absolute Gasteiger partial charge is 0.477 e. The summed E-state index contributed by atoms with van der Waals surface area (Å²) in [6.45, 7) is 0.962. The van der Waals surface area contributed by atoms with E-state index in [1.54, 1.807) is 0 Å². The van der Waals surface area contributed by atoms with Crippen LogP contribution in [0.15, 0.2) is 41.0 Å². The Morgan fingerprint density at radius 1 is 1.38 bits per heavy atom. The lowest BCUT2D eigenvalue weighted by Crippen LogP contribution is -2.71. The first kappa shape index (κ1) is 20.3. The fraction of sp³-hybridized carbons (Fsp3) is 0.294. The van der Waals surface area contributed by atoms with Crippen molar-refractivity contribution in [2.24, 2.45) is 5.16 Å². The Kier molecular flexibility index (Phi) is 5.82. The summed E-state index contributed by atoms with van der Waals surface area (Å²) in [5.41, 5.74) is 0.0378. The average Bonchev–Trinajstić information content (AvgIpc) is 2.70. The van der Waals surface area contributed by atoms with Gasteiger partial charge < -0.3 is 20.4 Å². The molecule has 12 heteroatoms. The summed E-state index contributed by atoms with van der Waals surface area (Å²) in [4.78, 5) is 52.6. The zero-order valence-corrected chi connectivity index (χ0v) is 15.9. The summed E-state index contributed by atoms with van der Waals surface area (Å²) in [5, 5.41) is 23.5. The van der Waals surface area contributed by atoms with Crippen LogP contribution in [0.1, 0.15) is 12.5 Å². The Labute approximate surface area is 168 Å². The Balaban J connectivity index is 1.76. The summed E-state index contributed by atoms with van der Waals surface area (Å²) < 4.78 is 4.86. The van der Waals surface area contributed by atoms with Crippen molar-refractivity contribution in [3.63, 3.8) is 0 Å². The standard InChI is InChI=1S/C17H16N4O7S/c1-8(22)28-6-10-7-29-16-12(15(24)21(16)13(10)17(25)26)19-14(23)11(20-27)9-2-4-18-5-3-9/h2-5,12,16,27H,6-7H2,1H3,(H,19,23)(H,25,26)/t12-,16+/m1/s1. The lowest BCUT2D eigenvalue weighted by molar-refractivity contribution is -0.150. The lowest BCUT2D eigenvalue weighted by atomic mass is 10.0. The number of β-lactam (4-membered cyclic amide) rings is 1. The number of amides is 2. The molecule has 3 heterocycles. The van der Waals surface area contributed by atoms with Crippen LogP contribution in [0.5, 0.6) is 0 Å². The molecule has 2 amide bonds. The first-order chi connectivity index (χ1) is 13.8. The van der Waals surface area contributed by atoms with Gasteiger partial charge in [-0.1, -0.05) is 5.16 Å². The molecule has 2 atom stereocenters. The Bertz CT molecular complexity index is 931. The Morgan fingerprint density at radius 3 is 2.66 bits per heavy atom. The minimum absolute atomic E-state index is 0.209. The second kappa shape index (κ2) is 8.31. The number of aromatic nitrogens is 1. The monoisotopic (exact) mass is 420 g/mol. The van der Waals surface area contributed by atoms with Crippen molar-refractivity contribution in [3.05, 3.63) is 41.4 Å². The number of carbonyl (C=O) groups is 4. The van der Waals surface area contributed by atoms with Gasteiger partial charge in [-0.25, -0.2) is 4.79 Å². The third-order valence-corrected chi connectivity index (χ3v) is 5.59. The second-order valence-electron chi connectivity index (χ2n) is 6.08. The van der Waals surface area contributed by atoms with Crippen LogP contribution in [0.2, 0.25) is 0 Å². The molecule has 0 aliphatic carbocycles. The summed E-state index contributed by atoms with van der Waals surface area (Å²) in [5.74, 6) is -3.10. The predicted molar refractivity (Wildman–Crippen MR) is 98.9 cm³/mol. The molecule has 152 valence electrons. The second-order valence-corrected chi connectivity index (χ2v) is 7.19. The molecule has 1 aromatic rings. The van der Waals surface area contributed by atoms with Gasteiger partial charge in [-0.15, -0.1) is 11.8 Å². The SMILES string of the molecule is CC(=O)OCC1=C(C(=O)O)N2C(=O)[C@@H](NC(=O)C(=NO)c3ccncc3)[C@@H]2SC1. The number of thioether (sulfide) groups is 1. The minimum Gasteiger partial charge on any atom is -0.477 e. The first-order valence-electron chi connectivity index (χ1n) is 8.31. The van der Waals surface area contributed by atoms with Crippen LogP contribution < -0.4 is 5.32 Å². The van der Waals surface area contributed by atoms with Crippen LogP contribution in [-0.2, 0) is 23.9 Å². The van der Waals surface area contributed by atoms with Gasteiger partial charge >= 0.3 is 11.9 Å². The maximum absolute atomic E-state index is 12.6. The van der Waals surface area contributed by atoms with Crippen molar-refractivity contribution in [3.8, 4) is 0 Å². The molecule has 0 unspecified atom stereocenters. The molecule has 1 saturated heterocycles. The van der Waals surface area contributed by atoms with E-state index in [4.69, 9.17) is 4.74 Å². The average molecular weight is 420 g/mol. The quantitative estimate of drug-likeness (QED) is 0.182. The van der Waals surface area contributed by atoms with E-state index in [1.807, 2.05) is 0 Å². The summed E-state index contributed by atoms with van der Waals surface area (Å²) in [6.07, 6.45) is 2.82. The molecule has 0 bridgehead atoms. The molecule has 29 heavy (non-hydrogen) atoms. The van der Waals surface area contributed by atoms with Crippen LogP contribution in [0.3, 0.4) is 0 Å². The van der Waals surface area contributed by atoms with Gasteiger partial charge in [0.15, 0.2) is 5.71 Å². The van der Waals surface area contributed by atoms with Gasteiger partial charge in [-0.3, -0.25) is 24.3 Å². The number of carbonyl (C=O) groups excluding carboxylic acids is 3. The maximum atomic E-state index is 12.6. The lowest BCUT2D eigenvalue weighted by Gasteiger charge is -2.49. The highest BCUT2D eigenvalue weighted by atomic mass is 32.2. The molecular weight excluding hydrogens is 404 g/mol. The van der Waals surface area contributed by atoms with Crippen LogP contribution in [0.25, 0.3) is 0 Å². The molecule has 11 nitrogen and oxygen atoms in total. The number of nitrogens with one attached hydrogen (secondary N) is 1. The highest BCUT2D eigenvalue weighted by Crippen LogP contribution is 2.40. The molecule has 0 saturated carbocycles. The van der Waals surface area contributed by atoms with Crippen molar-refractivity contribution in [2.45, 2.75) is 18.3 Å². The van der Waals surface area contributed by atoms with Gasteiger partial charge in [0.05, 0.1) is 0 Å². The van der Waals surface area contributed by atoms with Crippen LogP contribution in [-0.4, -0.2) is 73.4 Å². The molecular formula is C17H16N4O7S. The predicted octanol–water partition coefficient (Wildman–Crippen LogP) is -0.438. The summed E-state index contributed by atoms with van der Waals surface area (Å²) >= 11 is 1.23. The third-order valence-electron chi connectivity index (χ3n) is 4.25. The number of esters is 1. The van der Waals surface area contributed by atoms with Crippen LogP contribution >= 0.6 is 11.8 Å². The highest BCUT2D eigenvalue weighted by Gasteiger charge is 2.54. The molecule has 1 aromatic heterocycles. The topological polar surface area (TPSA) is 158 Å². The van der Waals surface area contributed by atoms with E-state index < -0.39 is 35.2 Å². The fourth-order valence-electron chi connectivity index (χ4n) is 2.94. The number of hydrogen-bond acceptors (Lipinski definition) is 9. The van der Waals surface area contributed by atoms with Crippen LogP contribution in [0.4, 0.5) is 0 Å². The van der Waals surface area contributed by atoms with E-state index in [2.05, 4.69) is 15.5 Å². The zero-order chi connectivity index (χ0) is 21.1. The number of nitrogens with zero attached hydrogens (tertiary/aromatic N) is 3. The maximum Gasteiger partial charge on any atom is 0.352 e. The van der Waals surface area contributed by atoms with E-state index >= 15 is 0 Å². The number of fused-ring (bicyclic) bond motifs is 1. The van der Waals surface area contributed by atoms with Crippen LogP contribution in [0, 0.1) is 0 Å². The number of rotatable bonds is 6. The number of carboxylic acids is 1. The van der Waals surface area contributed by atoms with Crippen molar-refractivity contribution in [1.82, 2.24) is 15.2 Å². The number of ether oxygens (including phenoxy) is 1. The normalized spacial score (nSPS) is 21.2. The molecule has 0 radical (unpaired) electrons. The van der Waals surface area contributed by atoms with Crippen molar-refractivity contribution >= 4 is 41.2 Å². The van der Waals surface area contributed by atoms with E-state index in [9.17, 15) is 29.5 Å². The number of pyridine rings is 1. The first-order valence-corrected chi connectivity index (χ1v) is 9.36. The van der Waals surface area contributed by atoms with Crippen molar-refractivity contribution < 1.29 is 34.2 Å². The molecule has 2 aliphatic heterocycles.